The summed E-state index contributed by atoms with van der Waals surface area (Å²) in [5.74, 6) is -2.88. The minimum absolute atomic E-state index is 0.108. The molecule has 1 saturated heterocycles. The maximum absolute atomic E-state index is 15.2. The van der Waals surface area contributed by atoms with Gasteiger partial charge in [0.15, 0.2) is 0 Å². The van der Waals surface area contributed by atoms with Gasteiger partial charge in [0, 0.05) is 16.1 Å². The molecule has 5 rings (SSSR count). The lowest BCUT2D eigenvalue weighted by atomic mass is 9.03. The van der Waals surface area contributed by atoms with Crippen LogP contribution in [-0.2, 0) is 0 Å². The van der Waals surface area contributed by atoms with Crippen LogP contribution in [0.25, 0.3) is 11.1 Å². The molecule has 2 aliphatic heterocycles. The molecule has 0 saturated carbocycles. The zero-order valence-electron chi connectivity index (χ0n) is 24.0. The standard InChI is InChI=1S/C26H11B12Cl2FN3O2/c27-21(28)22(29,30)24(33,34)44-17-9-10(12-8-11(19(42)45)4-6-13(12)39)5-7-16(17)43(20(46)18-14(40)2-1-3-15(18)41)26(36,37)38-25(44,35)23(21,31)32/h1-9H,(H2,42,45). The van der Waals surface area contributed by atoms with Crippen molar-refractivity contribution in [3.05, 3.63) is 81.6 Å². The molecule has 0 aromatic heterocycles. The zero-order chi connectivity index (χ0) is 34.6. The van der Waals surface area contributed by atoms with E-state index in [1.807, 2.05) is 0 Å². The van der Waals surface area contributed by atoms with Gasteiger partial charge in [0.25, 0.3) is 5.91 Å². The van der Waals surface area contributed by atoms with Crippen LogP contribution in [0.1, 0.15) is 20.7 Å². The molecule has 46 heavy (non-hydrogen) atoms. The molecular formula is C26H11B12Cl2FN3O2. The van der Waals surface area contributed by atoms with E-state index < -0.39 is 54.7 Å². The van der Waals surface area contributed by atoms with Gasteiger partial charge in [-0.2, -0.15) is 0 Å². The molecule has 23 radical (unpaired) electrons. The molecule has 1 fully saturated rings. The van der Waals surface area contributed by atoms with Gasteiger partial charge in [-0.05, 0) is 58.7 Å². The van der Waals surface area contributed by atoms with Gasteiger partial charge < -0.3 is 15.5 Å². The molecule has 2 heterocycles. The molecule has 3 aromatic rings. The number of rotatable bonds is 3. The first kappa shape index (κ1) is 35.0. The van der Waals surface area contributed by atoms with Crippen molar-refractivity contribution in [2.75, 3.05) is 9.80 Å². The van der Waals surface area contributed by atoms with E-state index >= 15 is 4.39 Å². The molecule has 1 atom stereocenters. The minimum Gasteiger partial charge on any atom is -0.394 e. The van der Waals surface area contributed by atoms with Crippen molar-refractivity contribution in [2.45, 2.75) is 31.6 Å². The Morgan fingerprint density at radius 1 is 0.761 bits per heavy atom. The van der Waals surface area contributed by atoms with Crippen molar-refractivity contribution < 1.29 is 14.0 Å². The molecule has 5 nitrogen and oxygen atoms in total. The van der Waals surface area contributed by atoms with Crippen LogP contribution in [0.5, 0.6) is 0 Å². The summed E-state index contributed by atoms with van der Waals surface area (Å²) in [5, 5.41) is -15.4. The van der Waals surface area contributed by atoms with Crippen molar-refractivity contribution in [2.24, 2.45) is 5.73 Å². The molecule has 0 aliphatic carbocycles. The Morgan fingerprint density at radius 2 is 1.39 bits per heavy atom. The number of nitrogens with two attached hydrogens (primary N) is 1. The Kier molecular flexibility index (Phi) is 8.26. The average molecular weight is 617 g/mol. The van der Waals surface area contributed by atoms with Gasteiger partial charge >= 0.3 is 0 Å². The first-order chi connectivity index (χ1) is 21.0. The number of nitrogens with zero attached hydrogens (tertiary/aromatic N) is 2. The fraction of sp³-hybridized carbons (Fsp3) is 0.231. The van der Waals surface area contributed by atoms with Gasteiger partial charge in [0.2, 0.25) is 5.91 Å². The number of piperidine rings is 1. The van der Waals surface area contributed by atoms with Crippen LogP contribution in [0.15, 0.2) is 54.6 Å². The highest BCUT2D eigenvalue weighted by atomic mass is 35.5. The van der Waals surface area contributed by atoms with Crippen LogP contribution in [0.2, 0.25) is 25.7 Å². The highest BCUT2D eigenvalue weighted by Crippen LogP contribution is 2.71. The third-order valence-electron chi connectivity index (χ3n) is 8.67. The van der Waals surface area contributed by atoms with Crippen molar-refractivity contribution >= 4 is 140 Å². The molecule has 2 aliphatic rings. The number of hydrogen-bond donors (Lipinski definition) is 1. The number of hydrogen-bond acceptors (Lipinski definition) is 3. The molecule has 0 bridgehead atoms. The number of fused-ring (bicyclic) bond motifs is 3. The lowest BCUT2D eigenvalue weighted by Crippen LogP contribution is -2.83. The van der Waals surface area contributed by atoms with Gasteiger partial charge in [0.1, 0.15) is 13.1 Å². The van der Waals surface area contributed by atoms with Gasteiger partial charge in [-0.15, -0.1) is 15.6 Å². The van der Waals surface area contributed by atoms with E-state index in [2.05, 4.69) is 0 Å². The topological polar surface area (TPSA) is 66.6 Å². The first-order valence-electron chi connectivity index (χ1n) is 13.3. The van der Waals surface area contributed by atoms with Gasteiger partial charge in [-0.1, -0.05) is 40.6 Å². The van der Waals surface area contributed by atoms with Crippen molar-refractivity contribution in [1.82, 2.24) is 0 Å². The van der Waals surface area contributed by atoms with Crippen LogP contribution in [-0.4, -0.2) is 121 Å². The largest absolute Gasteiger partial charge is 0.394 e. The molecular weight excluding hydrogens is 606 g/mol. The van der Waals surface area contributed by atoms with E-state index in [1.165, 1.54) is 48.5 Å². The number of benzene rings is 3. The van der Waals surface area contributed by atoms with E-state index in [0.717, 1.165) is 23.1 Å². The Bertz CT molecular complexity index is 1790. The summed E-state index contributed by atoms with van der Waals surface area (Å²) >= 11 is 12.8. The van der Waals surface area contributed by atoms with Crippen LogP contribution < -0.4 is 15.5 Å². The predicted octanol–water partition coefficient (Wildman–Crippen LogP) is 0.204. The molecule has 199 valence electrons. The highest BCUT2D eigenvalue weighted by Gasteiger charge is 2.67. The van der Waals surface area contributed by atoms with Crippen molar-refractivity contribution in [3.63, 3.8) is 0 Å². The molecule has 2 amide bonds. The quantitative estimate of drug-likeness (QED) is 0.428. The van der Waals surface area contributed by atoms with Crippen LogP contribution in [0.4, 0.5) is 15.8 Å². The maximum Gasteiger partial charge on any atom is 0.261 e. The molecule has 3 aromatic carbocycles. The van der Waals surface area contributed by atoms with E-state index in [0.29, 0.717) is 0 Å². The van der Waals surface area contributed by atoms with E-state index in [4.69, 9.17) is 115 Å². The lowest BCUT2D eigenvalue weighted by Gasteiger charge is -2.80. The highest BCUT2D eigenvalue weighted by molar-refractivity contribution is 6.82. The summed E-state index contributed by atoms with van der Waals surface area (Å²) in [4.78, 5) is 28.0. The number of anilines is 2. The second kappa shape index (κ2) is 10.9. The fourth-order valence-corrected chi connectivity index (χ4v) is 6.42. The summed E-state index contributed by atoms with van der Waals surface area (Å²) in [6.45, 7) is 0. The predicted molar refractivity (Wildman–Crippen MR) is 191 cm³/mol. The SMILES string of the molecule is [B]C1([B])[B]C2([B])N(c3cc(-c4cc(C(N)=O)ccc4Cl)ccc3N1C(=O)c1c(F)cccc1Cl)C([B])([B])C([B])([B])C([B])([B])C2([B])[B]. The summed E-state index contributed by atoms with van der Waals surface area (Å²) in [6, 6.07) is 12.0. The second-order valence-electron chi connectivity index (χ2n) is 11.6. The van der Waals surface area contributed by atoms with E-state index in [1.54, 1.807) is 0 Å². The Labute approximate surface area is 292 Å². The number of amides is 2. The fourth-order valence-electron chi connectivity index (χ4n) is 5.95. The lowest BCUT2D eigenvalue weighted by molar-refractivity contribution is 0.0979. The maximum atomic E-state index is 15.2. The minimum atomic E-state index is -2.60. The molecule has 20 heteroatoms. The number of carbonyl (C=O) groups is 2. The van der Waals surface area contributed by atoms with E-state index in [-0.39, 0.29) is 38.1 Å². The van der Waals surface area contributed by atoms with Crippen LogP contribution in [0.3, 0.4) is 0 Å². The molecule has 0 spiro atoms. The normalized spacial score (nSPS) is 23.2. The summed E-state index contributed by atoms with van der Waals surface area (Å²) in [7, 11) is 73.2. The third kappa shape index (κ3) is 4.66. The number of halogens is 3. The summed E-state index contributed by atoms with van der Waals surface area (Å²) in [6.07, 6.45) is 0. The zero-order valence-corrected chi connectivity index (χ0v) is 25.6. The van der Waals surface area contributed by atoms with Crippen LogP contribution in [0, 0.1) is 5.82 Å². The molecule has 2 N–H and O–H groups in total. The summed E-state index contributed by atoms with van der Waals surface area (Å²) in [5.41, 5.74) is 5.19. The third-order valence-corrected chi connectivity index (χ3v) is 9.32. The van der Waals surface area contributed by atoms with Gasteiger partial charge in [0.05, 0.1) is 108 Å². The second-order valence-corrected chi connectivity index (χ2v) is 12.4. The van der Waals surface area contributed by atoms with Gasteiger partial charge in [-0.3, -0.25) is 9.59 Å². The monoisotopic (exact) mass is 618 g/mol. The van der Waals surface area contributed by atoms with Crippen LogP contribution >= 0.6 is 23.2 Å². The van der Waals surface area contributed by atoms with Crippen molar-refractivity contribution in [3.8, 4) is 11.1 Å². The Balaban J connectivity index is 1.92. The van der Waals surface area contributed by atoms with E-state index in [9.17, 15) is 9.59 Å². The first-order valence-corrected chi connectivity index (χ1v) is 14.1. The molecule has 1 unspecified atom stereocenters. The number of carbonyl (C=O) groups excluding carboxylic acids is 2. The number of primary amides is 1. The average Bonchev–Trinajstić information content (AvgIpc) is 3.00. The Hall–Kier alpha value is -2.31. The van der Waals surface area contributed by atoms with Gasteiger partial charge in [-0.25, -0.2) is 4.39 Å². The van der Waals surface area contributed by atoms with Crippen molar-refractivity contribution in [1.29, 1.82) is 0 Å². The summed E-state index contributed by atoms with van der Waals surface area (Å²) < 4.78 is 15.2. The Morgan fingerprint density at radius 3 is 1.98 bits per heavy atom. The smallest absolute Gasteiger partial charge is 0.261 e.